The van der Waals surface area contributed by atoms with E-state index in [1.54, 1.807) is 0 Å². The summed E-state index contributed by atoms with van der Waals surface area (Å²) in [6.45, 7) is 3.85. The number of rotatable bonds is 10. The van der Waals surface area contributed by atoms with Crippen LogP contribution in [0.5, 0.6) is 0 Å². The standard InChI is InChI=1S/C16H27F2N5O2.HI/c1-2-19-16(22-10-14-20-6-7-23(14)15(17)18)21-5-3-8-24-11-13-4-9-25-12-13;/h6-7,13,15H,2-5,8-12H2,1H3,(H2,19,21,22);1H. The third-order valence-electron chi connectivity index (χ3n) is 3.82. The van der Waals surface area contributed by atoms with Crippen molar-refractivity contribution in [1.82, 2.24) is 20.2 Å². The van der Waals surface area contributed by atoms with Crippen LogP contribution in [-0.2, 0) is 16.0 Å². The predicted octanol–water partition coefficient (Wildman–Crippen LogP) is 2.39. The summed E-state index contributed by atoms with van der Waals surface area (Å²) in [7, 11) is 0. The smallest absolute Gasteiger partial charge is 0.319 e. The van der Waals surface area contributed by atoms with Crippen LogP contribution in [0, 0.1) is 5.92 Å². The molecule has 2 rings (SSSR count). The van der Waals surface area contributed by atoms with Crippen molar-refractivity contribution in [2.45, 2.75) is 32.9 Å². The van der Waals surface area contributed by atoms with Crippen LogP contribution in [0.15, 0.2) is 17.4 Å². The molecule has 0 saturated carbocycles. The van der Waals surface area contributed by atoms with E-state index in [1.165, 1.54) is 12.4 Å². The maximum atomic E-state index is 12.8. The summed E-state index contributed by atoms with van der Waals surface area (Å²) in [5.41, 5.74) is 0. The molecule has 1 saturated heterocycles. The van der Waals surface area contributed by atoms with Crippen LogP contribution in [0.1, 0.15) is 32.1 Å². The number of hydrogen-bond donors (Lipinski definition) is 2. The molecule has 26 heavy (non-hydrogen) atoms. The van der Waals surface area contributed by atoms with Gasteiger partial charge < -0.3 is 20.1 Å². The predicted molar refractivity (Wildman–Crippen MR) is 106 cm³/mol. The third-order valence-corrected chi connectivity index (χ3v) is 3.82. The minimum Gasteiger partial charge on any atom is -0.381 e. The zero-order valence-corrected chi connectivity index (χ0v) is 17.3. The summed E-state index contributed by atoms with van der Waals surface area (Å²) in [5, 5.41) is 6.26. The Labute approximate surface area is 170 Å². The molecule has 2 heterocycles. The van der Waals surface area contributed by atoms with Crippen molar-refractivity contribution in [3.05, 3.63) is 18.2 Å². The van der Waals surface area contributed by atoms with Crippen molar-refractivity contribution in [2.75, 3.05) is 39.5 Å². The molecule has 1 aromatic heterocycles. The number of nitrogens with one attached hydrogen (secondary N) is 2. The van der Waals surface area contributed by atoms with Crippen molar-refractivity contribution in [3.63, 3.8) is 0 Å². The van der Waals surface area contributed by atoms with Gasteiger partial charge in [-0.25, -0.2) is 9.98 Å². The summed E-state index contributed by atoms with van der Waals surface area (Å²) in [6.07, 6.45) is 4.51. The van der Waals surface area contributed by atoms with Gasteiger partial charge in [0.15, 0.2) is 5.96 Å². The fourth-order valence-corrected chi connectivity index (χ4v) is 2.48. The first-order valence-corrected chi connectivity index (χ1v) is 8.68. The lowest BCUT2D eigenvalue weighted by molar-refractivity contribution is 0.0671. The average molecular weight is 487 g/mol. The van der Waals surface area contributed by atoms with Crippen molar-refractivity contribution < 1.29 is 18.3 Å². The van der Waals surface area contributed by atoms with E-state index in [0.29, 0.717) is 31.6 Å². The van der Waals surface area contributed by atoms with Gasteiger partial charge in [0.2, 0.25) is 0 Å². The lowest BCUT2D eigenvalue weighted by atomic mass is 10.1. The normalized spacial score (nSPS) is 17.4. The van der Waals surface area contributed by atoms with Gasteiger partial charge in [-0.15, -0.1) is 24.0 Å². The second kappa shape index (κ2) is 13.2. The molecule has 7 nitrogen and oxygen atoms in total. The average Bonchev–Trinajstić information content (AvgIpc) is 3.26. The maximum Gasteiger partial charge on any atom is 0.319 e. The molecule has 1 aliphatic heterocycles. The Kier molecular flexibility index (Phi) is 11.7. The summed E-state index contributed by atoms with van der Waals surface area (Å²) in [6, 6.07) is 0. The van der Waals surface area contributed by atoms with Crippen LogP contribution in [0.25, 0.3) is 0 Å². The second-order valence-electron chi connectivity index (χ2n) is 5.81. The molecule has 1 aromatic rings. The zero-order valence-electron chi connectivity index (χ0n) is 15.0. The molecular weight excluding hydrogens is 459 g/mol. The number of aromatic nitrogens is 2. The molecule has 150 valence electrons. The number of alkyl halides is 2. The van der Waals surface area contributed by atoms with Gasteiger partial charge in [-0.05, 0) is 19.8 Å². The molecule has 1 atom stereocenters. The SMILES string of the molecule is CCNC(=NCc1nccn1C(F)F)NCCCOCC1CCOC1.I. The molecule has 0 aromatic carbocycles. The minimum absolute atomic E-state index is 0. The van der Waals surface area contributed by atoms with E-state index in [0.717, 1.165) is 37.2 Å². The first-order chi connectivity index (χ1) is 12.2. The molecule has 2 N–H and O–H groups in total. The highest BCUT2D eigenvalue weighted by Crippen LogP contribution is 2.13. The fourth-order valence-electron chi connectivity index (χ4n) is 2.48. The van der Waals surface area contributed by atoms with E-state index in [-0.39, 0.29) is 36.3 Å². The number of aliphatic imine (C=N–C) groups is 1. The van der Waals surface area contributed by atoms with E-state index in [2.05, 4.69) is 20.6 Å². The number of ether oxygens (including phenoxy) is 2. The van der Waals surface area contributed by atoms with Crippen LogP contribution in [-0.4, -0.2) is 55.0 Å². The maximum absolute atomic E-state index is 12.8. The van der Waals surface area contributed by atoms with Crippen molar-refractivity contribution in [3.8, 4) is 0 Å². The van der Waals surface area contributed by atoms with Crippen LogP contribution < -0.4 is 10.6 Å². The number of guanidine groups is 1. The largest absolute Gasteiger partial charge is 0.381 e. The molecular formula is C16H28F2IN5O2. The topological polar surface area (TPSA) is 72.7 Å². The van der Waals surface area contributed by atoms with Crippen LogP contribution >= 0.6 is 24.0 Å². The molecule has 0 aliphatic carbocycles. The van der Waals surface area contributed by atoms with Crippen LogP contribution in [0.4, 0.5) is 8.78 Å². The minimum atomic E-state index is -2.61. The number of nitrogens with zero attached hydrogens (tertiary/aromatic N) is 3. The van der Waals surface area contributed by atoms with Gasteiger partial charge in [-0.3, -0.25) is 4.57 Å². The molecule has 0 bridgehead atoms. The fraction of sp³-hybridized carbons (Fsp3) is 0.750. The first kappa shape index (κ1) is 23.0. The Balaban J connectivity index is 0.00000338. The van der Waals surface area contributed by atoms with Gasteiger partial charge in [0.25, 0.3) is 0 Å². The summed E-state index contributed by atoms with van der Waals surface area (Å²) in [4.78, 5) is 8.22. The lowest BCUT2D eigenvalue weighted by Crippen LogP contribution is -2.38. The molecule has 1 fully saturated rings. The Hall–Kier alpha value is -1.01. The lowest BCUT2D eigenvalue weighted by Gasteiger charge is -2.12. The molecule has 0 spiro atoms. The van der Waals surface area contributed by atoms with Crippen LogP contribution in [0.3, 0.4) is 0 Å². The Morgan fingerprint density at radius 3 is 3.04 bits per heavy atom. The second-order valence-corrected chi connectivity index (χ2v) is 5.81. The van der Waals surface area contributed by atoms with E-state index >= 15 is 0 Å². The first-order valence-electron chi connectivity index (χ1n) is 8.68. The van der Waals surface area contributed by atoms with E-state index in [1.807, 2.05) is 6.92 Å². The van der Waals surface area contributed by atoms with Crippen LogP contribution in [0.2, 0.25) is 0 Å². The van der Waals surface area contributed by atoms with E-state index < -0.39 is 6.55 Å². The van der Waals surface area contributed by atoms with Crippen molar-refractivity contribution in [1.29, 1.82) is 0 Å². The monoisotopic (exact) mass is 487 g/mol. The molecule has 0 amide bonds. The van der Waals surface area contributed by atoms with Crippen molar-refractivity contribution in [2.24, 2.45) is 10.9 Å². The third kappa shape index (κ3) is 8.12. The summed E-state index contributed by atoms with van der Waals surface area (Å²) >= 11 is 0. The zero-order chi connectivity index (χ0) is 17.9. The van der Waals surface area contributed by atoms with Gasteiger partial charge in [0, 0.05) is 44.6 Å². The molecule has 10 heteroatoms. The Bertz CT molecular complexity index is 524. The van der Waals surface area contributed by atoms with E-state index in [9.17, 15) is 8.78 Å². The van der Waals surface area contributed by atoms with Gasteiger partial charge in [-0.1, -0.05) is 0 Å². The molecule has 1 aliphatic rings. The molecule has 1 unspecified atom stereocenters. The summed E-state index contributed by atoms with van der Waals surface area (Å²) in [5.74, 6) is 1.33. The number of halogens is 3. The highest BCUT2D eigenvalue weighted by Gasteiger charge is 2.15. The van der Waals surface area contributed by atoms with Gasteiger partial charge in [0.05, 0.1) is 13.2 Å². The van der Waals surface area contributed by atoms with Gasteiger partial charge in [-0.2, -0.15) is 8.78 Å². The quantitative estimate of drug-likeness (QED) is 0.230. The van der Waals surface area contributed by atoms with Gasteiger partial charge in [0.1, 0.15) is 12.4 Å². The highest BCUT2D eigenvalue weighted by molar-refractivity contribution is 14.0. The number of hydrogen-bond acceptors (Lipinski definition) is 4. The van der Waals surface area contributed by atoms with Crippen molar-refractivity contribution >= 4 is 29.9 Å². The highest BCUT2D eigenvalue weighted by atomic mass is 127. The van der Waals surface area contributed by atoms with Gasteiger partial charge >= 0.3 is 6.55 Å². The Morgan fingerprint density at radius 1 is 1.50 bits per heavy atom. The molecule has 0 radical (unpaired) electrons. The Morgan fingerprint density at radius 2 is 2.35 bits per heavy atom. The number of imidazole rings is 1. The van der Waals surface area contributed by atoms with E-state index in [4.69, 9.17) is 9.47 Å². The summed E-state index contributed by atoms with van der Waals surface area (Å²) < 4.78 is 37.3.